The lowest BCUT2D eigenvalue weighted by molar-refractivity contribution is -0.154. The van der Waals surface area contributed by atoms with Crippen LogP contribution in [-0.2, 0) is 16.1 Å². The van der Waals surface area contributed by atoms with Crippen molar-refractivity contribution >= 4 is 17.8 Å². The molecule has 1 fully saturated rings. The molecule has 2 heterocycles. The highest BCUT2D eigenvalue weighted by Crippen LogP contribution is 2.31. The van der Waals surface area contributed by atoms with Gasteiger partial charge in [0.15, 0.2) is 0 Å². The SMILES string of the molecule is C=C(C)CC(c1ccc(OC)cc1)N(Cc1ccco1)C(=O)N1CCN(CC)C(=O)C1=O. The Morgan fingerprint density at radius 1 is 1.19 bits per heavy atom. The standard InChI is InChI=1S/C24H29N3O5/c1-5-25-12-13-26(23(29)22(25)28)24(30)27(16-20-7-6-14-32-20)21(15-17(2)3)18-8-10-19(31-4)11-9-18/h6-11,14,21H,2,5,12-13,15-16H2,1,3-4H3. The van der Waals surface area contributed by atoms with E-state index in [0.717, 1.165) is 16.0 Å². The van der Waals surface area contributed by atoms with Crippen LogP contribution in [0.25, 0.3) is 0 Å². The first-order valence-corrected chi connectivity index (χ1v) is 10.6. The van der Waals surface area contributed by atoms with Crippen molar-refractivity contribution in [1.82, 2.24) is 14.7 Å². The highest BCUT2D eigenvalue weighted by Gasteiger charge is 2.39. The Balaban J connectivity index is 1.98. The molecule has 1 atom stereocenters. The number of rotatable bonds is 8. The Bertz CT molecular complexity index is 968. The second-order valence-corrected chi connectivity index (χ2v) is 7.78. The van der Waals surface area contributed by atoms with Crippen molar-refractivity contribution in [2.24, 2.45) is 0 Å². The van der Waals surface area contributed by atoms with Crippen LogP contribution in [0.2, 0.25) is 0 Å². The van der Waals surface area contributed by atoms with Crippen LogP contribution in [0.1, 0.15) is 37.6 Å². The number of nitrogens with zero attached hydrogens (tertiary/aromatic N) is 3. The first kappa shape index (κ1) is 23.1. The van der Waals surface area contributed by atoms with Crippen molar-refractivity contribution in [2.75, 3.05) is 26.7 Å². The van der Waals surface area contributed by atoms with Gasteiger partial charge in [0.25, 0.3) is 0 Å². The van der Waals surface area contributed by atoms with Crippen LogP contribution in [-0.4, -0.2) is 59.3 Å². The van der Waals surface area contributed by atoms with E-state index in [1.807, 2.05) is 31.2 Å². The number of carbonyl (C=O) groups is 3. The van der Waals surface area contributed by atoms with Gasteiger partial charge < -0.3 is 19.0 Å². The number of benzene rings is 1. The Labute approximate surface area is 188 Å². The molecule has 0 spiro atoms. The van der Waals surface area contributed by atoms with Crippen molar-refractivity contribution in [3.63, 3.8) is 0 Å². The van der Waals surface area contributed by atoms with Gasteiger partial charge in [-0.25, -0.2) is 4.79 Å². The molecular formula is C24H29N3O5. The third-order valence-electron chi connectivity index (χ3n) is 5.49. The molecule has 1 aliphatic heterocycles. The van der Waals surface area contributed by atoms with Crippen LogP contribution in [0, 0.1) is 0 Å². The summed E-state index contributed by atoms with van der Waals surface area (Å²) in [4.78, 5) is 42.9. The molecule has 1 aromatic heterocycles. The molecule has 0 saturated carbocycles. The zero-order chi connectivity index (χ0) is 23.3. The van der Waals surface area contributed by atoms with Gasteiger partial charge in [-0.3, -0.25) is 14.5 Å². The maximum absolute atomic E-state index is 13.7. The minimum Gasteiger partial charge on any atom is -0.497 e. The number of amides is 4. The summed E-state index contributed by atoms with van der Waals surface area (Å²) >= 11 is 0. The summed E-state index contributed by atoms with van der Waals surface area (Å²) in [7, 11) is 1.59. The fourth-order valence-electron chi connectivity index (χ4n) is 3.76. The van der Waals surface area contributed by atoms with Crippen molar-refractivity contribution in [3.8, 4) is 5.75 Å². The molecular weight excluding hydrogens is 410 g/mol. The molecule has 0 N–H and O–H groups in total. The second-order valence-electron chi connectivity index (χ2n) is 7.78. The van der Waals surface area contributed by atoms with Crippen molar-refractivity contribution in [2.45, 2.75) is 32.9 Å². The molecule has 4 amide bonds. The number of methoxy groups -OCH3 is 1. The number of likely N-dealkylation sites (N-methyl/N-ethyl adjacent to an activating group) is 1. The summed E-state index contributed by atoms with van der Waals surface area (Å²) in [5.41, 5.74) is 1.74. The van der Waals surface area contributed by atoms with Crippen LogP contribution in [0.4, 0.5) is 4.79 Å². The molecule has 1 unspecified atom stereocenters. The van der Waals surface area contributed by atoms with Gasteiger partial charge in [-0.05, 0) is 50.1 Å². The summed E-state index contributed by atoms with van der Waals surface area (Å²) < 4.78 is 10.8. The topological polar surface area (TPSA) is 83.3 Å². The largest absolute Gasteiger partial charge is 0.497 e. The number of hydrogen-bond donors (Lipinski definition) is 0. The van der Waals surface area contributed by atoms with Crippen LogP contribution in [0.5, 0.6) is 5.75 Å². The molecule has 0 radical (unpaired) electrons. The Hall–Kier alpha value is -3.55. The molecule has 32 heavy (non-hydrogen) atoms. The van der Waals surface area contributed by atoms with Gasteiger partial charge >= 0.3 is 17.8 Å². The van der Waals surface area contributed by atoms with Gasteiger partial charge in [0.1, 0.15) is 11.5 Å². The number of hydrogen-bond acceptors (Lipinski definition) is 5. The molecule has 0 bridgehead atoms. The number of urea groups is 1. The van der Waals surface area contributed by atoms with Gasteiger partial charge in [-0.1, -0.05) is 17.7 Å². The maximum atomic E-state index is 13.7. The number of carbonyl (C=O) groups excluding carboxylic acids is 3. The lowest BCUT2D eigenvalue weighted by Gasteiger charge is -2.38. The monoisotopic (exact) mass is 439 g/mol. The molecule has 1 aliphatic rings. The van der Waals surface area contributed by atoms with E-state index in [1.165, 1.54) is 11.2 Å². The predicted molar refractivity (Wildman–Crippen MR) is 119 cm³/mol. The zero-order valence-corrected chi connectivity index (χ0v) is 18.7. The number of piperazine rings is 1. The summed E-state index contributed by atoms with van der Waals surface area (Å²) in [6.07, 6.45) is 2.02. The van der Waals surface area contributed by atoms with Gasteiger partial charge in [0, 0.05) is 19.6 Å². The van der Waals surface area contributed by atoms with E-state index in [-0.39, 0.29) is 13.1 Å². The number of ether oxygens (including phenoxy) is 1. The van der Waals surface area contributed by atoms with Crippen LogP contribution >= 0.6 is 0 Å². The minimum absolute atomic E-state index is 0.144. The molecule has 8 nitrogen and oxygen atoms in total. The van der Waals surface area contributed by atoms with Gasteiger partial charge in [-0.15, -0.1) is 6.58 Å². The van der Waals surface area contributed by atoms with E-state index in [1.54, 1.807) is 31.1 Å². The summed E-state index contributed by atoms with van der Waals surface area (Å²) in [6, 6.07) is 9.99. The number of imide groups is 1. The molecule has 1 saturated heterocycles. The fraction of sp³-hybridized carbons (Fsp3) is 0.375. The lowest BCUT2D eigenvalue weighted by Crippen LogP contribution is -2.59. The average Bonchev–Trinajstić information content (AvgIpc) is 3.31. The lowest BCUT2D eigenvalue weighted by atomic mass is 9.98. The van der Waals surface area contributed by atoms with E-state index in [9.17, 15) is 14.4 Å². The number of furan rings is 1. The van der Waals surface area contributed by atoms with Crippen LogP contribution in [0.3, 0.4) is 0 Å². The van der Waals surface area contributed by atoms with Crippen molar-refractivity contribution in [3.05, 3.63) is 66.1 Å². The smallest absolute Gasteiger partial charge is 0.328 e. The molecule has 8 heteroatoms. The Morgan fingerprint density at radius 3 is 2.47 bits per heavy atom. The zero-order valence-electron chi connectivity index (χ0n) is 18.7. The quantitative estimate of drug-likeness (QED) is 0.464. The van der Waals surface area contributed by atoms with E-state index >= 15 is 0 Å². The third-order valence-corrected chi connectivity index (χ3v) is 5.49. The van der Waals surface area contributed by atoms with Gasteiger partial charge in [0.05, 0.1) is 26.0 Å². The third kappa shape index (κ3) is 5.01. The average molecular weight is 440 g/mol. The molecule has 1 aromatic carbocycles. The van der Waals surface area contributed by atoms with Crippen molar-refractivity contribution in [1.29, 1.82) is 0 Å². The highest BCUT2D eigenvalue weighted by molar-refractivity contribution is 6.38. The van der Waals surface area contributed by atoms with E-state index in [4.69, 9.17) is 9.15 Å². The molecule has 0 aliphatic carbocycles. The summed E-state index contributed by atoms with van der Waals surface area (Å²) in [5.74, 6) is -0.199. The normalized spacial score (nSPS) is 15.0. The Kier molecular flexibility index (Phi) is 7.35. The second kappa shape index (κ2) is 10.2. The highest BCUT2D eigenvalue weighted by atomic mass is 16.5. The van der Waals surface area contributed by atoms with Crippen LogP contribution < -0.4 is 4.74 Å². The summed E-state index contributed by atoms with van der Waals surface area (Å²) in [6.45, 7) is 8.75. The van der Waals surface area contributed by atoms with E-state index in [2.05, 4.69) is 6.58 Å². The van der Waals surface area contributed by atoms with Gasteiger partial charge in [0.2, 0.25) is 0 Å². The Morgan fingerprint density at radius 2 is 1.91 bits per heavy atom. The molecule has 3 rings (SSSR count). The molecule has 170 valence electrons. The fourth-order valence-corrected chi connectivity index (χ4v) is 3.76. The van der Waals surface area contributed by atoms with Crippen molar-refractivity contribution < 1.29 is 23.5 Å². The molecule has 2 aromatic rings. The predicted octanol–water partition coefficient (Wildman–Crippen LogP) is 3.61. The maximum Gasteiger partial charge on any atom is 0.328 e. The first-order chi connectivity index (χ1) is 15.3. The van der Waals surface area contributed by atoms with E-state index in [0.29, 0.717) is 31.0 Å². The summed E-state index contributed by atoms with van der Waals surface area (Å²) in [5, 5.41) is 0. The van der Waals surface area contributed by atoms with Gasteiger partial charge in [-0.2, -0.15) is 0 Å². The van der Waals surface area contributed by atoms with E-state index < -0.39 is 23.9 Å². The van der Waals surface area contributed by atoms with Crippen LogP contribution in [0.15, 0.2) is 59.2 Å². The first-order valence-electron chi connectivity index (χ1n) is 10.6. The minimum atomic E-state index is -0.809.